The van der Waals surface area contributed by atoms with E-state index in [9.17, 15) is 8.42 Å². The second-order valence-corrected chi connectivity index (χ2v) is 6.37. The number of nitrogens with zero attached hydrogens (tertiary/aromatic N) is 1. The largest absolute Gasteiger partial charge is 0.383 e. The quantitative estimate of drug-likeness (QED) is 0.822. The van der Waals surface area contributed by atoms with Crippen LogP contribution in [0.1, 0.15) is 6.92 Å². The van der Waals surface area contributed by atoms with E-state index >= 15 is 0 Å². The van der Waals surface area contributed by atoms with E-state index in [0.717, 1.165) is 10.8 Å². The molecular formula is C15H19NO3S. The number of benzene rings is 2. The van der Waals surface area contributed by atoms with Crippen molar-refractivity contribution in [3.05, 3.63) is 42.5 Å². The fourth-order valence-electron chi connectivity index (χ4n) is 2.20. The molecule has 0 radical (unpaired) electrons. The van der Waals surface area contributed by atoms with Crippen molar-refractivity contribution in [2.24, 2.45) is 0 Å². The highest BCUT2D eigenvalue weighted by Gasteiger charge is 2.24. The molecule has 0 spiro atoms. The van der Waals surface area contributed by atoms with Crippen molar-refractivity contribution in [3.63, 3.8) is 0 Å². The Bertz CT molecular complexity index is 677. The zero-order chi connectivity index (χ0) is 14.6. The zero-order valence-electron chi connectivity index (χ0n) is 11.7. The summed E-state index contributed by atoms with van der Waals surface area (Å²) in [4.78, 5) is 0.355. The summed E-state index contributed by atoms with van der Waals surface area (Å²) in [5, 5.41) is 1.68. The van der Waals surface area contributed by atoms with Crippen molar-refractivity contribution < 1.29 is 13.2 Å². The third-order valence-corrected chi connectivity index (χ3v) is 5.30. The molecule has 2 rings (SSSR count). The van der Waals surface area contributed by atoms with Gasteiger partial charge >= 0.3 is 0 Å². The van der Waals surface area contributed by atoms with E-state index in [2.05, 4.69) is 0 Å². The minimum absolute atomic E-state index is 0.355. The number of sulfonamides is 1. The van der Waals surface area contributed by atoms with Crippen molar-refractivity contribution >= 4 is 20.8 Å². The smallest absolute Gasteiger partial charge is 0.243 e. The van der Waals surface area contributed by atoms with Crippen LogP contribution >= 0.6 is 0 Å². The van der Waals surface area contributed by atoms with E-state index in [-0.39, 0.29) is 0 Å². The number of fused-ring (bicyclic) bond motifs is 1. The fourth-order valence-corrected chi connectivity index (χ4v) is 3.85. The highest BCUT2D eigenvalue weighted by Crippen LogP contribution is 2.25. The minimum Gasteiger partial charge on any atom is -0.383 e. The first-order valence-electron chi connectivity index (χ1n) is 6.58. The van der Waals surface area contributed by atoms with Crippen LogP contribution in [0.15, 0.2) is 47.4 Å². The molecule has 20 heavy (non-hydrogen) atoms. The number of hydrogen-bond donors (Lipinski definition) is 0. The molecular weight excluding hydrogens is 274 g/mol. The monoisotopic (exact) mass is 293 g/mol. The zero-order valence-corrected chi connectivity index (χ0v) is 12.6. The summed E-state index contributed by atoms with van der Waals surface area (Å²) in [5.41, 5.74) is 0. The number of hydrogen-bond acceptors (Lipinski definition) is 3. The van der Waals surface area contributed by atoms with Gasteiger partial charge in [-0.15, -0.1) is 0 Å². The Morgan fingerprint density at radius 3 is 2.50 bits per heavy atom. The van der Waals surface area contributed by atoms with Crippen LogP contribution < -0.4 is 0 Å². The molecule has 0 saturated heterocycles. The molecule has 0 aliphatic carbocycles. The van der Waals surface area contributed by atoms with E-state index < -0.39 is 10.0 Å². The van der Waals surface area contributed by atoms with Gasteiger partial charge in [0, 0.05) is 25.6 Å². The summed E-state index contributed by atoms with van der Waals surface area (Å²) in [7, 11) is -1.93. The average Bonchev–Trinajstić information content (AvgIpc) is 2.47. The lowest BCUT2D eigenvalue weighted by atomic mass is 10.1. The molecule has 0 fully saturated rings. The Morgan fingerprint density at radius 2 is 1.80 bits per heavy atom. The molecule has 0 N–H and O–H groups in total. The number of methoxy groups -OCH3 is 1. The standard InChI is InChI=1S/C15H19NO3S/c1-3-16(11-12-19-2)20(17,18)15-10-6-8-13-7-4-5-9-14(13)15/h4-10H,3,11-12H2,1-2H3. The van der Waals surface area contributed by atoms with Crippen molar-refractivity contribution in [3.8, 4) is 0 Å². The molecule has 5 heteroatoms. The molecule has 108 valence electrons. The van der Waals surface area contributed by atoms with Gasteiger partial charge in [-0.3, -0.25) is 0 Å². The maximum absolute atomic E-state index is 12.8. The molecule has 0 saturated carbocycles. The third kappa shape index (κ3) is 2.85. The van der Waals surface area contributed by atoms with Crippen LogP contribution in [0.5, 0.6) is 0 Å². The maximum atomic E-state index is 12.8. The summed E-state index contributed by atoms with van der Waals surface area (Å²) in [6.07, 6.45) is 0. The van der Waals surface area contributed by atoms with Gasteiger partial charge in [0.05, 0.1) is 11.5 Å². The second kappa shape index (κ2) is 6.35. The van der Waals surface area contributed by atoms with E-state index in [1.165, 1.54) is 4.31 Å². The predicted molar refractivity (Wildman–Crippen MR) is 80.3 cm³/mol. The Morgan fingerprint density at radius 1 is 1.10 bits per heavy atom. The van der Waals surface area contributed by atoms with E-state index in [1.54, 1.807) is 19.2 Å². The molecule has 0 aliphatic rings. The first-order chi connectivity index (χ1) is 9.61. The van der Waals surface area contributed by atoms with Gasteiger partial charge in [-0.05, 0) is 11.5 Å². The Kier molecular flexibility index (Phi) is 4.75. The fraction of sp³-hybridized carbons (Fsp3) is 0.333. The van der Waals surface area contributed by atoms with Gasteiger partial charge in [0.25, 0.3) is 0 Å². The van der Waals surface area contributed by atoms with Gasteiger partial charge in [-0.25, -0.2) is 8.42 Å². The van der Waals surface area contributed by atoms with E-state index in [1.807, 2.05) is 37.3 Å². The maximum Gasteiger partial charge on any atom is 0.243 e. The molecule has 0 aliphatic heterocycles. The molecule has 4 nitrogen and oxygen atoms in total. The predicted octanol–water partition coefficient (Wildman–Crippen LogP) is 2.50. The Hall–Kier alpha value is -1.43. The summed E-state index contributed by atoms with van der Waals surface area (Å²) >= 11 is 0. The minimum atomic E-state index is -3.50. The van der Waals surface area contributed by atoms with Crippen LogP contribution in [0.25, 0.3) is 10.8 Å². The van der Waals surface area contributed by atoms with Gasteiger partial charge in [0.1, 0.15) is 0 Å². The summed E-state index contributed by atoms with van der Waals surface area (Å²) < 4.78 is 31.9. The van der Waals surface area contributed by atoms with Gasteiger partial charge in [-0.2, -0.15) is 4.31 Å². The average molecular weight is 293 g/mol. The number of ether oxygens (including phenoxy) is 1. The van der Waals surface area contributed by atoms with Crippen molar-refractivity contribution in [1.29, 1.82) is 0 Å². The normalized spacial score (nSPS) is 12.2. The molecule has 0 atom stereocenters. The van der Waals surface area contributed by atoms with Gasteiger partial charge in [-0.1, -0.05) is 43.3 Å². The lowest BCUT2D eigenvalue weighted by Gasteiger charge is -2.21. The third-order valence-electron chi connectivity index (χ3n) is 3.26. The van der Waals surface area contributed by atoms with Crippen LogP contribution in [-0.4, -0.2) is 39.5 Å². The molecule has 2 aromatic carbocycles. The second-order valence-electron chi connectivity index (χ2n) is 4.47. The van der Waals surface area contributed by atoms with Crippen LogP contribution in [0.4, 0.5) is 0 Å². The van der Waals surface area contributed by atoms with Crippen LogP contribution in [0.2, 0.25) is 0 Å². The molecule has 0 heterocycles. The summed E-state index contributed by atoms with van der Waals surface area (Å²) in [6.45, 7) is 3.00. The lowest BCUT2D eigenvalue weighted by Crippen LogP contribution is -2.33. The first kappa shape index (κ1) is 15.0. The molecule has 0 amide bonds. The Labute approximate surface area is 120 Å². The molecule has 0 aromatic heterocycles. The van der Waals surface area contributed by atoms with Crippen molar-refractivity contribution in [2.45, 2.75) is 11.8 Å². The van der Waals surface area contributed by atoms with Crippen LogP contribution in [0, 0.1) is 0 Å². The van der Waals surface area contributed by atoms with Crippen molar-refractivity contribution in [1.82, 2.24) is 4.31 Å². The van der Waals surface area contributed by atoms with E-state index in [4.69, 9.17) is 4.74 Å². The number of likely N-dealkylation sites (N-methyl/N-ethyl adjacent to an activating group) is 1. The lowest BCUT2D eigenvalue weighted by molar-refractivity contribution is 0.180. The molecule has 0 bridgehead atoms. The van der Waals surface area contributed by atoms with E-state index in [0.29, 0.717) is 24.6 Å². The van der Waals surface area contributed by atoms with Gasteiger partial charge in [0.15, 0.2) is 0 Å². The topological polar surface area (TPSA) is 46.6 Å². The van der Waals surface area contributed by atoms with Gasteiger partial charge < -0.3 is 4.74 Å². The molecule has 2 aromatic rings. The van der Waals surface area contributed by atoms with Crippen molar-refractivity contribution in [2.75, 3.05) is 26.8 Å². The first-order valence-corrected chi connectivity index (χ1v) is 8.02. The summed E-state index contributed by atoms with van der Waals surface area (Å²) in [5.74, 6) is 0. The molecule has 0 unspecified atom stereocenters. The van der Waals surface area contributed by atoms with Crippen LogP contribution in [0.3, 0.4) is 0 Å². The Balaban J connectivity index is 2.51. The van der Waals surface area contributed by atoms with Gasteiger partial charge in [0.2, 0.25) is 10.0 Å². The highest BCUT2D eigenvalue weighted by molar-refractivity contribution is 7.89. The summed E-state index contributed by atoms with van der Waals surface area (Å²) in [6, 6.07) is 12.9. The SMILES string of the molecule is CCN(CCOC)S(=O)(=O)c1cccc2ccccc12. The van der Waals surface area contributed by atoms with Crippen LogP contribution in [-0.2, 0) is 14.8 Å². The highest BCUT2D eigenvalue weighted by atomic mass is 32.2. The number of rotatable bonds is 6.